The molecule has 15 nitrogen and oxygen atoms in total. The van der Waals surface area contributed by atoms with Crippen LogP contribution in [0, 0.1) is 22.7 Å². The molecule has 1 amide bonds. The molecule has 2 heterocycles. The average molecular weight is 983 g/mol. The first-order valence-electron chi connectivity index (χ1n) is 24.5. The van der Waals surface area contributed by atoms with E-state index in [1.165, 1.54) is 72.8 Å². The van der Waals surface area contributed by atoms with Crippen molar-refractivity contribution in [2.24, 2.45) is 0 Å². The molecule has 2 aliphatic rings. The molecule has 0 atom stereocenters. The minimum atomic E-state index is -0.561. The van der Waals surface area contributed by atoms with Crippen LogP contribution in [0.25, 0.3) is 22.5 Å². The molecular weight excluding hydrogens is 921 g/mol. The van der Waals surface area contributed by atoms with Crippen LogP contribution in [0.3, 0.4) is 0 Å². The molecule has 0 bridgehead atoms. The van der Waals surface area contributed by atoms with Gasteiger partial charge in [0.05, 0.1) is 62.2 Å². The van der Waals surface area contributed by atoms with Crippen LogP contribution in [-0.2, 0) is 22.7 Å². The number of ether oxygens (including phenoxy) is 5. The summed E-state index contributed by atoms with van der Waals surface area (Å²) in [5.41, 5.74) is 5.94. The summed E-state index contributed by atoms with van der Waals surface area (Å²) in [6, 6.07) is 44.8. The Hall–Kier alpha value is -8.08. The van der Waals surface area contributed by atoms with E-state index in [0.717, 1.165) is 37.9 Å². The molecule has 2 saturated carbocycles. The maximum absolute atomic E-state index is 13.0. The fraction of sp³-hybridized carbons (Fsp3) is 0.310. The second-order valence-corrected chi connectivity index (χ2v) is 17.7. The van der Waals surface area contributed by atoms with Gasteiger partial charge in [0.1, 0.15) is 42.0 Å². The van der Waals surface area contributed by atoms with Crippen molar-refractivity contribution in [3.8, 4) is 51.9 Å². The van der Waals surface area contributed by atoms with Crippen LogP contribution in [0.5, 0.6) is 17.2 Å². The first-order chi connectivity index (χ1) is 35.7. The topological polar surface area (TPSA) is 179 Å². The molecule has 0 saturated heterocycles. The van der Waals surface area contributed by atoms with E-state index in [2.05, 4.69) is 70.9 Å². The van der Waals surface area contributed by atoms with E-state index in [1.807, 2.05) is 43.4 Å². The number of methoxy groups -OCH3 is 2. The van der Waals surface area contributed by atoms with Gasteiger partial charge in [0.25, 0.3) is 0 Å². The first-order valence-corrected chi connectivity index (χ1v) is 24.5. The number of rotatable bonds is 13. The molecule has 0 aliphatic heterocycles. The number of hydrogen-bond donors (Lipinski definition) is 1. The normalized spacial score (nSPS) is 17.0. The van der Waals surface area contributed by atoms with Gasteiger partial charge in [-0.05, 0) is 118 Å². The van der Waals surface area contributed by atoms with Crippen molar-refractivity contribution in [2.45, 2.75) is 88.9 Å². The predicted octanol–water partition coefficient (Wildman–Crippen LogP) is 11.1. The van der Waals surface area contributed by atoms with Gasteiger partial charge in [-0.1, -0.05) is 78.9 Å². The summed E-state index contributed by atoms with van der Waals surface area (Å²) >= 11 is 0. The zero-order valence-corrected chi connectivity index (χ0v) is 41.8. The number of hydrogen-bond acceptors (Lipinski definition) is 12. The molecule has 5 aromatic carbocycles. The van der Waals surface area contributed by atoms with E-state index in [1.54, 1.807) is 71.9 Å². The summed E-state index contributed by atoms with van der Waals surface area (Å²) in [7, 11) is 6.93. The maximum Gasteiger partial charge on any atom is 0.424 e. The number of carbonyl (C=O) groups is 2. The molecule has 9 rings (SSSR count). The molecular formula is C58H62N8O7. The van der Waals surface area contributed by atoms with Crippen LogP contribution in [0.4, 0.5) is 9.59 Å². The van der Waals surface area contributed by atoms with Gasteiger partial charge in [-0.25, -0.2) is 24.1 Å². The standard InChI is InChI=1S/C26H28N4O3.C18H13N3O3.C14H21NO/c1-29(22-9-11-23(12-10-22)33-17-19-6-4-3-5-7-19)26(31)30-16-24(28-18-30)20-8-13-25(32-2)21(14-20)15-27;1-23-17-8-7-13(9-14(17)10-19)16-11-21(12-20-16)18(22)24-15-5-3-2-4-6-15;1-15-13-7-9-14(10-8-13)16-11-12-5-3-2-4-6-12/h3-8,13-14,16,18,22-23H,9-12,17H2,1-2H3;2-9,11-12H,1H3;2-6,13-15H,7-11H2,1H3. The largest absolute Gasteiger partial charge is 0.495 e. The van der Waals surface area contributed by atoms with Gasteiger partial charge < -0.3 is 33.9 Å². The van der Waals surface area contributed by atoms with Crippen molar-refractivity contribution < 1.29 is 33.3 Å². The highest BCUT2D eigenvalue weighted by Crippen LogP contribution is 2.29. The Morgan fingerprint density at radius 3 is 1.55 bits per heavy atom. The van der Waals surface area contributed by atoms with Crippen LogP contribution in [0.2, 0.25) is 0 Å². The van der Waals surface area contributed by atoms with Crippen molar-refractivity contribution in [3.63, 3.8) is 0 Å². The van der Waals surface area contributed by atoms with Gasteiger partial charge in [0.2, 0.25) is 0 Å². The molecule has 2 fully saturated rings. The summed E-state index contributed by atoms with van der Waals surface area (Å²) in [5.74, 6) is 1.46. The molecule has 1 N–H and O–H groups in total. The number of nitriles is 2. The lowest BCUT2D eigenvalue weighted by Gasteiger charge is -2.34. The number of nitrogens with one attached hydrogen (secondary N) is 1. The summed E-state index contributed by atoms with van der Waals surface area (Å²) < 4.78 is 30.3. The molecule has 15 heteroatoms. The Labute approximate surface area is 427 Å². The van der Waals surface area contributed by atoms with Crippen molar-refractivity contribution in [2.75, 3.05) is 28.3 Å². The van der Waals surface area contributed by atoms with Crippen molar-refractivity contribution in [1.82, 2.24) is 29.3 Å². The summed E-state index contributed by atoms with van der Waals surface area (Å²) in [6.45, 7) is 1.39. The Morgan fingerprint density at radius 2 is 1.08 bits per heavy atom. The Bertz CT molecular complexity index is 2920. The number of benzene rings is 5. The Balaban J connectivity index is 0.000000171. The van der Waals surface area contributed by atoms with E-state index < -0.39 is 6.09 Å². The summed E-state index contributed by atoms with van der Waals surface area (Å²) in [4.78, 5) is 35.5. The SMILES string of the molecule is CNC1CCC(OCc2ccccc2)CC1.COc1ccc(-c2cn(C(=O)N(C)C3CCC(OCc4ccccc4)CC3)cn2)cc1C#N.COc1ccc(-c2cn(C(=O)Oc3ccccc3)cn2)cc1C#N. The van der Waals surface area contributed by atoms with Crippen LogP contribution >= 0.6 is 0 Å². The molecule has 73 heavy (non-hydrogen) atoms. The van der Waals surface area contributed by atoms with Crippen LogP contribution in [0.15, 0.2) is 152 Å². The van der Waals surface area contributed by atoms with Gasteiger partial charge in [0, 0.05) is 42.7 Å². The number of amides is 1. The fourth-order valence-corrected chi connectivity index (χ4v) is 8.73. The van der Waals surface area contributed by atoms with Crippen LogP contribution in [-0.4, -0.2) is 88.7 Å². The summed E-state index contributed by atoms with van der Waals surface area (Å²) in [6.07, 6.45) is 14.9. The third-order valence-corrected chi connectivity index (χ3v) is 13.0. The lowest BCUT2D eigenvalue weighted by atomic mass is 9.92. The zero-order chi connectivity index (χ0) is 51.4. The quantitative estimate of drug-likeness (QED) is 0.116. The highest BCUT2D eigenvalue weighted by molar-refractivity contribution is 5.78. The van der Waals surface area contributed by atoms with Gasteiger partial charge in [0.15, 0.2) is 0 Å². The van der Waals surface area contributed by atoms with Crippen molar-refractivity contribution in [1.29, 1.82) is 10.5 Å². The minimum absolute atomic E-state index is 0.114. The zero-order valence-electron chi connectivity index (χ0n) is 41.8. The number of nitrogens with zero attached hydrogens (tertiary/aromatic N) is 7. The molecule has 2 aliphatic carbocycles. The van der Waals surface area contributed by atoms with E-state index in [4.69, 9.17) is 28.9 Å². The van der Waals surface area contributed by atoms with Crippen LogP contribution in [0.1, 0.15) is 73.6 Å². The summed E-state index contributed by atoms with van der Waals surface area (Å²) in [5, 5.41) is 21.8. The van der Waals surface area contributed by atoms with E-state index in [0.29, 0.717) is 64.1 Å². The third-order valence-electron chi connectivity index (χ3n) is 13.0. The monoisotopic (exact) mass is 982 g/mol. The van der Waals surface area contributed by atoms with Gasteiger partial charge >= 0.3 is 12.1 Å². The van der Waals surface area contributed by atoms with Crippen molar-refractivity contribution in [3.05, 3.63) is 175 Å². The Morgan fingerprint density at radius 1 is 0.630 bits per heavy atom. The van der Waals surface area contributed by atoms with Crippen LogP contribution < -0.4 is 19.5 Å². The van der Waals surface area contributed by atoms with E-state index >= 15 is 0 Å². The maximum atomic E-state index is 13.0. The number of imidazole rings is 2. The van der Waals surface area contributed by atoms with E-state index in [-0.39, 0.29) is 18.2 Å². The molecule has 7 aromatic rings. The highest BCUT2D eigenvalue weighted by atomic mass is 16.6. The first kappa shape index (κ1) is 52.7. The average Bonchev–Trinajstić information content (AvgIpc) is 4.17. The Kier molecular flexibility index (Phi) is 19.5. The number of carbonyl (C=O) groups excluding carboxylic acids is 2. The highest BCUT2D eigenvalue weighted by Gasteiger charge is 2.28. The molecule has 0 unspecified atom stereocenters. The second kappa shape index (κ2) is 26.9. The number of para-hydroxylation sites is 1. The third kappa shape index (κ3) is 15.0. The van der Waals surface area contributed by atoms with Gasteiger partial charge in [-0.2, -0.15) is 10.5 Å². The minimum Gasteiger partial charge on any atom is -0.495 e. The lowest BCUT2D eigenvalue weighted by molar-refractivity contribution is 0.00403. The lowest BCUT2D eigenvalue weighted by Crippen LogP contribution is -2.42. The predicted molar refractivity (Wildman–Crippen MR) is 278 cm³/mol. The molecule has 0 spiro atoms. The smallest absolute Gasteiger partial charge is 0.424 e. The molecule has 0 radical (unpaired) electrons. The molecule has 376 valence electrons. The fourth-order valence-electron chi connectivity index (χ4n) is 8.73. The number of aromatic nitrogens is 4. The van der Waals surface area contributed by atoms with Gasteiger partial charge in [-0.3, -0.25) is 4.57 Å². The van der Waals surface area contributed by atoms with Gasteiger partial charge in [-0.15, -0.1) is 0 Å². The molecule has 2 aromatic heterocycles. The van der Waals surface area contributed by atoms with E-state index in [9.17, 15) is 14.9 Å². The van der Waals surface area contributed by atoms with Crippen molar-refractivity contribution >= 4 is 12.1 Å². The second-order valence-electron chi connectivity index (χ2n) is 17.7.